The van der Waals surface area contributed by atoms with Crippen molar-refractivity contribution in [2.75, 3.05) is 4.90 Å². The van der Waals surface area contributed by atoms with Crippen LogP contribution in [-0.2, 0) is 0 Å². The number of amides is 1. The summed E-state index contributed by atoms with van der Waals surface area (Å²) in [5, 5.41) is 0. The number of nitrogens with zero attached hydrogens (tertiary/aromatic N) is 1. The molecule has 4 rings (SSSR count). The second kappa shape index (κ2) is 6.89. The number of Topliss-reactive ketones (excluding diaryl/α,β-unsaturated/α-hetero) is 1. The van der Waals surface area contributed by atoms with Gasteiger partial charge in [0.1, 0.15) is 0 Å². The number of halogens is 1. The van der Waals surface area contributed by atoms with E-state index >= 15 is 0 Å². The van der Waals surface area contributed by atoms with Gasteiger partial charge in [-0.3, -0.25) is 9.59 Å². The number of ketones is 1. The van der Waals surface area contributed by atoms with E-state index in [4.69, 9.17) is 0 Å². The molecule has 0 fully saturated rings. The van der Waals surface area contributed by atoms with Gasteiger partial charge in [-0.15, -0.1) is 0 Å². The van der Waals surface area contributed by atoms with E-state index in [9.17, 15) is 9.59 Å². The van der Waals surface area contributed by atoms with E-state index < -0.39 is 0 Å². The molecule has 128 valence electrons. The molecular formula is C22H16BrNO2. The van der Waals surface area contributed by atoms with Gasteiger partial charge >= 0.3 is 0 Å². The lowest BCUT2D eigenvalue weighted by atomic mass is 9.97. The first-order valence-electron chi connectivity index (χ1n) is 8.41. The van der Waals surface area contributed by atoms with Gasteiger partial charge in [0, 0.05) is 27.7 Å². The monoisotopic (exact) mass is 405 g/mol. The van der Waals surface area contributed by atoms with E-state index in [2.05, 4.69) is 15.9 Å². The number of carbonyl (C=O) groups excluding carboxylic acids is 2. The fraction of sp³-hybridized carbons (Fsp3) is 0.0909. The summed E-state index contributed by atoms with van der Waals surface area (Å²) in [7, 11) is 0. The normalized spacial score (nSPS) is 15.8. The molecule has 1 amide bonds. The van der Waals surface area contributed by atoms with Crippen LogP contribution in [0.15, 0.2) is 83.3 Å². The Hall–Kier alpha value is -2.72. The molecule has 0 saturated carbocycles. The summed E-state index contributed by atoms with van der Waals surface area (Å²) in [6.45, 7) is 0. The predicted octanol–water partition coefficient (Wildman–Crippen LogP) is 5.42. The van der Waals surface area contributed by atoms with Crippen LogP contribution in [0.1, 0.15) is 38.7 Å². The molecule has 0 aromatic heterocycles. The minimum absolute atomic E-state index is 0.0298. The Morgan fingerprint density at radius 1 is 0.885 bits per heavy atom. The molecule has 0 unspecified atom stereocenters. The SMILES string of the molecule is O=C(C[C@@H]1c2ccccc2C(=O)N1c1ccc(Br)cc1)c1ccccc1. The minimum atomic E-state index is -0.299. The van der Waals surface area contributed by atoms with E-state index in [1.54, 1.807) is 4.90 Å². The summed E-state index contributed by atoms with van der Waals surface area (Å²) in [6, 6.07) is 24.1. The van der Waals surface area contributed by atoms with Gasteiger partial charge in [0.25, 0.3) is 5.91 Å². The highest BCUT2D eigenvalue weighted by Crippen LogP contribution is 2.40. The van der Waals surface area contributed by atoms with Crippen molar-refractivity contribution in [1.29, 1.82) is 0 Å². The van der Waals surface area contributed by atoms with Gasteiger partial charge in [-0.25, -0.2) is 0 Å². The highest BCUT2D eigenvalue weighted by Gasteiger charge is 2.38. The Morgan fingerprint density at radius 3 is 2.27 bits per heavy atom. The molecule has 0 bridgehead atoms. The second-order valence-electron chi connectivity index (χ2n) is 6.25. The lowest BCUT2D eigenvalue weighted by molar-refractivity contribution is 0.0960. The van der Waals surface area contributed by atoms with Gasteiger partial charge < -0.3 is 4.90 Å². The second-order valence-corrected chi connectivity index (χ2v) is 7.16. The molecule has 4 heteroatoms. The number of anilines is 1. The Kier molecular flexibility index (Phi) is 4.43. The van der Waals surface area contributed by atoms with Gasteiger partial charge in [0.15, 0.2) is 5.78 Å². The summed E-state index contributed by atoms with van der Waals surface area (Å²) >= 11 is 3.43. The highest BCUT2D eigenvalue weighted by molar-refractivity contribution is 9.10. The number of hydrogen-bond donors (Lipinski definition) is 0. The first-order valence-corrected chi connectivity index (χ1v) is 9.21. The summed E-state index contributed by atoms with van der Waals surface area (Å²) in [5.41, 5.74) is 3.03. The quantitative estimate of drug-likeness (QED) is 0.543. The van der Waals surface area contributed by atoms with Crippen molar-refractivity contribution in [2.45, 2.75) is 12.5 Å². The van der Waals surface area contributed by atoms with E-state index in [1.165, 1.54) is 0 Å². The molecule has 3 aromatic rings. The zero-order chi connectivity index (χ0) is 18.1. The molecular weight excluding hydrogens is 390 g/mol. The van der Waals surface area contributed by atoms with Crippen LogP contribution in [0.5, 0.6) is 0 Å². The number of carbonyl (C=O) groups is 2. The van der Waals surface area contributed by atoms with Crippen molar-refractivity contribution in [3.05, 3.63) is 100 Å². The van der Waals surface area contributed by atoms with Crippen molar-refractivity contribution in [3.8, 4) is 0 Å². The van der Waals surface area contributed by atoms with Crippen LogP contribution in [0.25, 0.3) is 0 Å². The van der Waals surface area contributed by atoms with Gasteiger partial charge in [-0.05, 0) is 35.9 Å². The molecule has 3 aromatic carbocycles. The Balaban J connectivity index is 1.74. The fourth-order valence-electron chi connectivity index (χ4n) is 3.41. The molecule has 3 nitrogen and oxygen atoms in total. The molecule has 1 aliphatic heterocycles. The number of benzene rings is 3. The fourth-order valence-corrected chi connectivity index (χ4v) is 3.67. The van der Waals surface area contributed by atoms with E-state index in [-0.39, 0.29) is 24.2 Å². The highest BCUT2D eigenvalue weighted by atomic mass is 79.9. The molecule has 0 saturated heterocycles. The molecule has 26 heavy (non-hydrogen) atoms. The van der Waals surface area contributed by atoms with Gasteiger partial charge in [-0.2, -0.15) is 0 Å². The first-order chi connectivity index (χ1) is 12.6. The van der Waals surface area contributed by atoms with Crippen LogP contribution in [0.2, 0.25) is 0 Å². The van der Waals surface area contributed by atoms with Crippen LogP contribution >= 0.6 is 15.9 Å². The largest absolute Gasteiger partial charge is 0.300 e. The van der Waals surface area contributed by atoms with Crippen LogP contribution in [0.3, 0.4) is 0 Å². The molecule has 1 aliphatic rings. The van der Waals surface area contributed by atoms with Crippen molar-refractivity contribution >= 4 is 33.3 Å². The molecule has 0 aliphatic carbocycles. The molecule has 0 radical (unpaired) electrons. The maximum atomic E-state index is 13.0. The summed E-state index contributed by atoms with van der Waals surface area (Å²) in [6.07, 6.45) is 0.253. The van der Waals surface area contributed by atoms with Gasteiger partial charge in [0.05, 0.1) is 6.04 Å². The van der Waals surface area contributed by atoms with Crippen molar-refractivity contribution in [2.24, 2.45) is 0 Å². The Bertz CT molecular complexity index is 967. The van der Waals surface area contributed by atoms with E-state index in [0.29, 0.717) is 11.1 Å². The molecule has 0 spiro atoms. The Labute approximate surface area is 160 Å². The lowest BCUT2D eigenvalue weighted by Crippen LogP contribution is -2.29. The predicted molar refractivity (Wildman–Crippen MR) is 106 cm³/mol. The third-order valence-electron chi connectivity index (χ3n) is 4.66. The maximum Gasteiger partial charge on any atom is 0.259 e. The topological polar surface area (TPSA) is 37.4 Å². The zero-order valence-electron chi connectivity index (χ0n) is 13.9. The van der Waals surface area contributed by atoms with E-state index in [1.807, 2.05) is 78.9 Å². The van der Waals surface area contributed by atoms with Crippen molar-refractivity contribution in [1.82, 2.24) is 0 Å². The van der Waals surface area contributed by atoms with Crippen LogP contribution < -0.4 is 4.90 Å². The minimum Gasteiger partial charge on any atom is -0.300 e. The molecule has 1 heterocycles. The van der Waals surface area contributed by atoms with Crippen LogP contribution in [0, 0.1) is 0 Å². The Morgan fingerprint density at radius 2 is 1.54 bits per heavy atom. The van der Waals surface area contributed by atoms with Gasteiger partial charge in [-0.1, -0.05) is 64.5 Å². The third-order valence-corrected chi connectivity index (χ3v) is 5.19. The summed E-state index contributed by atoms with van der Waals surface area (Å²) in [5.74, 6) is -0.0315. The van der Waals surface area contributed by atoms with Crippen LogP contribution in [0.4, 0.5) is 5.69 Å². The number of fused-ring (bicyclic) bond motifs is 1. The average molecular weight is 406 g/mol. The maximum absolute atomic E-state index is 13.0. The third kappa shape index (κ3) is 2.97. The lowest BCUT2D eigenvalue weighted by Gasteiger charge is -2.25. The first kappa shape index (κ1) is 16.7. The standard InChI is InChI=1S/C22H16BrNO2/c23-16-10-12-17(13-11-16)24-20(14-21(25)15-6-2-1-3-7-15)18-8-4-5-9-19(18)22(24)26/h1-13,20H,14H2/t20-/m1/s1. The molecule has 1 atom stereocenters. The smallest absolute Gasteiger partial charge is 0.259 e. The van der Waals surface area contributed by atoms with Crippen molar-refractivity contribution < 1.29 is 9.59 Å². The summed E-state index contributed by atoms with van der Waals surface area (Å²) < 4.78 is 0.947. The number of hydrogen-bond acceptors (Lipinski definition) is 2. The summed E-state index contributed by atoms with van der Waals surface area (Å²) in [4.78, 5) is 27.6. The zero-order valence-corrected chi connectivity index (χ0v) is 15.5. The molecule has 0 N–H and O–H groups in total. The van der Waals surface area contributed by atoms with Crippen molar-refractivity contribution in [3.63, 3.8) is 0 Å². The average Bonchev–Trinajstić information content (AvgIpc) is 2.95. The number of rotatable bonds is 4. The van der Waals surface area contributed by atoms with Crippen LogP contribution in [-0.4, -0.2) is 11.7 Å². The van der Waals surface area contributed by atoms with Gasteiger partial charge in [0.2, 0.25) is 0 Å². The van der Waals surface area contributed by atoms with E-state index in [0.717, 1.165) is 15.7 Å².